The molecule has 0 rings (SSSR count). The molecule has 0 aliphatic rings. The third-order valence-electron chi connectivity index (χ3n) is 0.211. The van der Waals surface area contributed by atoms with E-state index >= 15 is 0 Å². The first kappa shape index (κ1) is 10.5. The summed E-state index contributed by atoms with van der Waals surface area (Å²) in [7, 11) is 0. The van der Waals surface area contributed by atoms with E-state index in [2.05, 4.69) is 36.9 Å². The van der Waals surface area contributed by atoms with Crippen LogP contribution in [0, 0.1) is 0 Å². The normalized spacial score (nSPS) is 7.71. The highest BCUT2D eigenvalue weighted by Gasteiger charge is 1.82. The van der Waals surface area contributed by atoms with Crippen molar-refractivity contribution in [3.05, 3.63) is 0 Å². The summed E-state index contributed by atoms with van der Waals surface area (Å²) in [6.07, 6.45) is 0. The quantitative estimate of drug-likeness (QED) is 0.140. The predicted octanol–water partition coefficient (Wildman–Crippen LogP) is -1.05. The lowest BCUT2D eigenvalue weighted by molar-refractivity contribution is 1.12. The average Bonchev–Trinajstić information content (AvgIpc) is 1.73. The maximum absolute atomic E-state index is 5.02. The van der Waals surface area contributed by atoms with Crippen molar-refractivity contribution in [1.29, 1.82) is 0 Å². The van der Waals surface area contributed by atoms with Crippen molar-refractivity contribution >= 4 is 25.3 Å². The van der Waals surface area contributed by atoms with E-state index in [1.807, 2.05) is 0 Å². The highest BCUT2D eigenvalue weighted by molar-refractivity contribution is 7.99. The van der Waals surface area contributed by atoms with Crippen LogP contribution in [0.4, 0.5) is 0 Å². The van der Waals surface area contributed by atoms with Crippen molar-refractivity contribution in [2.45, 2.75) is 4.58 Å². The summed E-state index contributed by atoms with van der Waals surface area (Å²) in [5, 5.41) is 0. The lowest BCUT2D eigenvalue weighted by Gasteiger charge is -1.89. The Kier molecular flexibility index (Phi) is 14.7. The molecular formula is C2H11N3S2. The second kappa shape index (κ2) is 9.77. The van der Waals surface area contributed by atoms with E-state index in [9.17, 15) is 0 Å². The third kappa shape index (κ3) is 20.7. The van der Waals surface area contributed by atoms with E-state index in [4.69, 9.17) is 5.73 Å². The van der Waals surface area contributed by atoms with Crippen LogP contribution < -0.4 is 17.4 Å². The minimum Gasteiger partial charge on any atom is -0.329 e. The maximum atomic E-state index is 5.02. The van der Waals surface area contributed by atoms with Crippen molar-refractivity contribution in [1.82, 2.24) is 0 Å². The van der Waals surface area contributed by atoms with Crippen molar-refractivity contribution in [2.75, 3.05) is 6.54 Å². The molecule has 0 aromatic carbocycles. The van der Waals surface area contributed by atoms with Gasteiger partial charge >= 0.3 is 0 Å². The molecule has 0 radical (unpaired) electrons. The molecule has 0 amide bonds. The highest BCUT2D eigenvalue weighted by Crippen LogP contribution is 1.92. The highest BCUT2D eigenvalue weighted by atomic mass is 32.2. The molecular weight excluding hydrogens is 130 g/mol. The molecule has 46 valence electrons. The molecule has 0 bridgehead atoms. The van der Waals surface area contributed by atoms with Gasteiger partial charge in [-0.1, -0.05) is 0 Å². The van der Waals surface area contributed by atoms with E-state index in [0.29, 0.717) is 6.54 Å². The lowest BCUT2D eigenvalue weighted by atomic mass is 10.8. The van der Waals surface area contributed by atoms with Crippen LogP contribution in [0.15, 0.2) is 0 Å². The average molecular weight is 141 g/mol. The van der Waals surface area contributed by atoms with Gasteiger partial charge in [-0.3, -0.25) is 11.7 Å². The fraction of sp³-hybridized carbons (Fsp3) is 1.00. The topological polar surface area (TPSA) is 78.1 Å². The number of hydrogen-bond donors (Lipinski definition) is 5. The van der Waals surface area contributed by atoms with Crippen LogP contribution in [-0.2, 0) is 0 Å². The molecule has 0 fully saturated rings. The fourth-order valence-corrected chi connectivity index (χ4v) is 0. The third-order valence-corrected chi connectivity index (χ3v) is 0.632. The Morgan fingerprint density at radius 3 is 1.43 bits per heavy atom. The molecule has 0 saturated heterocycles. The molecule has 0 heterocycles. The molecule has 7 heavy (non-hydrogen) atoms. The first-order valence-electron chi connectivity index (χ1n) is 1.67. The van der Waals surface area contributed by atoms with Crippen molar-refractivity contribution in [3.63, 3.8) is 0 Å². The fourth-order valence-electron chi connectivity index (χ4n) is 0. The monoisotopic (exact) mass is 141 g/mol. The molecule has 0 unspecified atom stereocenters. The summed E-state index contributed by atoms with van der Waals surface area (Å²) < 4.78 is 0.0509. The molecule has 0 spiro atoms. The summed E-state index contributed by atoms with van der Waals surface area (Å²) in [6, 6.07) is 0. The van der Waals surface area contributed by atoms with Gasteiger partial charge in [0.1, 0.15) is 0 Å². The standard InChI is InChI=1S/C2H7NS2.H4N2/c3-1-2(4)5;1-2/h2,4-5H,1,3H2;1-2H2. The number of hydrogen-bond acceptors (Lipinski definition) is 5. The van der Waals surface area contributed by atoms with Crippen LogP contribution in [0.3, 0.4) is 0 Å². The molecule has 0 aromatic rings. The first-order valence-corrected chi connectivity index (χ1v) is 2.70. The SMILES string of the molecule is NCC(S)S.NN. The van der Waals surface area contributed by atoms with Gasteiger partial charge in [-0.25, -0.2) is 0 Å². The number of thiol groups is 2. The Morgan fingerprint density at radius 2 is 1.43 bits per heavy atom. The van der Waals surface area contributed by atoms with Gasteiger partial charge in [-0.05, 0) is 0 Å². The van der Waals surface area contributed by atoms with Gasteiger partial charge in [-0.15, -0.1) is 0 Å². The van der Waals surface area contributed by atoms with Gasteiger partial charge < -0.3 is 5.73 Å². The van der Waals surface area contributed by atoms with E-state index in [1.54, 1.807) is 0 Å². The van der Waals surface area contributed by atoms with Gasteiger partial charge in [0, 0.05) is 6.54 Å². The number of rotatable bonds is 1. The molecule has 0 aliphatic heterocycles. The predicted molar refractivity (Wildman–Crippen MR) is 39.2 cm³/mol. The van der Waals surface area contributed by atoms with Crippen LogP contribution in [0.1, 0.15) is 0 Å². The largest absolute Gasteiger partial charge is 0.329 e. The Hall–Kier alpha value is 0.580. The zero-order chi connectivity index (χ0) is 6.28. The Balaban J connectivity index is 0. The number of nitrogens with two attached hydrogens (primary N) is 3. The smallest absolute Gasteiger partial charge is 0.0564 e. The molecule has 3 nitrogen and oxygen atoms in total. The molecule has 0 saturated carbocycles. The summed E-state index contributed by atoms with van der Waals surface area (Å²) in [5.74, 6) is 8.00. The minimum atomic E-state index is 0.0509. The molecule has 6 N–H and O–H groups in total. The van der Waals surface area contributed by atoms with Gasteiger partial charge in [-0.2, -0.15) is 25.3 Å². The van der Waals surface area contributed by atoms with Crippen LogP contribution in [-0.4, -0.2) is 11.1 Å². The van der Waals surface area contributed by atoms with Crippen molar-refractivity contribution < 1.29 is 0 Å². The van der Waals surface area contributed by atoms with Gasteiger partial charge in [0.2, 0.25) is 0 Å². The van der Waals surface area contributed by atoms with E-state index in [-0.39, 0.29) is 4.58 Å². The summed E-state index contributed by atoms with van der Waals surface area (Å²) in [6.45, 7) is 0.534. The zero-order valence-corrected chi connectivity index (χ0v) is 5.70. The lowest BCUT2D eigenvalue weighted by Crippen LogP contribution is -2.06. The Morgan fingerprint density at radius 1 is 1.29 bits per heavy atom. The van der Waals surface area contributed by atoms with Crippen molar-refractivity contribution in [2.24, 2.45) is 17.4 Å². The van der Waals surface area contributed by atoms with Gasteiger partial charge in [0.05, 0.1) is 4.58 Å². The Bertz CT molecular complexity index is 24.9. The van der Waals surface area contributed by atoms with Crippen LogP contribution in [0.2, 0.25) is 0 Å². The van der Waals surface area contributed by atoms with Crippen LogP contribution in [0.25, 0.3) is 0 Å². The maximum Gasteiger partial charge on any atom is 0.0564 e. The molecule has 0 aliphatic carbocycles. The van der Waals surface area contributed by atoms with E-state index < -0.39 is 0 Å². The number of hydrazine groups is 1. The van der Waals surface area contributed by atoms with Gasteiger partial charge in [0.25, 0.3) is 0 Å². The summed E-state index contributed by atoms with van der Waals surface area (Å²) in [4.78, 5) is 0. The van der Waals surface area contributed by atoms with Crippen LogP contribution in [0.5, 0.6) is 0 Å². The first-order chi connectivity index (χ1) is 3.27. The zero-order valence-electron chi connectivity index (χ0n) is 3.91. The Labute approximate surface area is 54.4 Å². The molecule has 0 aromatic heterocycles. The van der Waals surface area contributed by atoms with Crippen molar-refractivity contribution in [3.8, 4) is 0 Å². The summed E-state index contributed by atoms with van der Waals surface area (Å²) >= 11 is 7.67. The second-order valence-electron chi connectivity index (χ2n) is 0.716. The van der Waals surface area contributed by atoms with E-state index in [0.717, 1.165) is 0 Å². The summed E-state index contributed by atoms with van der Waals surface area (Å²) in [5.41, 5.74) is 5.02. The van der Waals surface area contributed by atoms with Crippen LogP contribution >= 0.6 is 25.3 Å². The van der Waals surface area contributed by atoms with E-state index in [1.165, 1.54) is 0 Å². The molecule has 5 heteroatoms. The van der Waals surface area contributed by atoms with Gasteiger partial charge in [0.15, 0.2) is 0 Å². The molecule has 0 atom stereocenters. The second-order valence-corrected chi connectivity index (χ2v) is 2.37. The minimum absolute atomic E-state index is 0.0509.